The number of rotatable bonds is 12. The molecule has 0 saturated carbocycles. The zero-order valence-electron chi connectivity index (χ0n) is 23.4. The summed E-state index contributed by atoms with van der Waals surface area (Å²) in [6.45, 7) is 11.3. The lowest BCUT2D eigenvalue weighted by Gasteiger charge is -2.47. The fourth-order valence-electron chi connectivity index (χ4n) is 6.19. The van der Waals surface area contributed by atoms with Gasteiger partial charge in [-0.2, -0.15) is 0 Å². The molecule has 0 aromatic heterocycles. The van der Waals surface area contributed by atoms with Crippen LogP contribution in [0.3, 0.4) is 0 Å². The number of benzene rings is 1. The number of carboxylic acids is 1. The molecule has 2 aliphatic heterocycles. The molecule has 1 aromatic rings. The average Bonchev–Trinajstić information content (AvgIpc) is 2.83. The van der Waals surface area contributed by atoms with E-state index < -0.39 is 12.1 Å². The number of carbonyl (C=O) groups excluding carboxylic acids is 1. The molecular formula is C29H46N2O6. The first-order valence-corrected chi connectivity index (χ1v) is 13.7. The summed E-state index contributed by atoms with van der Waals surface area (Å²) < 4.78 is 16.9. The van der Waals surface area contributed by atoms with E-state index in [-0.39, 0.29) is 24.3 Å². The van der Waals surface area contributed by atoms with Crippen molar-refractivity contribution in [2.75, 3.05) is 40.5 Å². The van der Waals surface area contributed by atoms with E-state index in [2.05, 4.69) is 50.0 Å². The molecule has 2 aliphatic rings. The van der Waals surface area contributed by atoms with Crippen LogP contribution in [0, 0.1) is 29.6 Å². The van der Waals surface area contributed by atoms with Crippen molar-refractivity contribution < 1.29 is 28.9 Å². The number of hydrogen-bond acceptors (Lipinski definition) is 6. The Bertz CT molecular complexity index is 918. The molecule has 0 aliphatic carbocycles. The highest BCUT2D eigenvalue weighted by atomic mass is 16.5. The summed E-state index contributed by atoms with van der Waals surface area (Å²) in [7, 11) is 3.34. The summed E-state index contributed by atoms with van der Waals surface area (Å²) >= 11 is 0. The highest BCUT2D eigenvalue weighted by molar-refractivity contribution is 5.68. The standard InChI is InChI=1S/C29H46N2O6/c1-18(2)9-20(11-28(32)33)15-30-29(34)37-17-23-12-25-24-14-27(36-6)26(35-5)13-21(24)7-8-31(25)16-22(23)10-19(3)4/h13-14,18-20,22-23,25H,7-12,15-17H2,1-6H3,(H,30,34)(H,32,33)/t20?,22-,23+,25-/m1/s1. The van der Waals surface area contributed by atoms with Crippen molar-refractivity contribution in [3.05, 3.63) is 23.3 Å². The van der Waals surface area contributed by atoms with Crippen molar-refractivity contribution in [1.29, 1.82) is 0 Å². The van der Waals surface area contributed by atoms with Gasteiger partial charge in [-0.05, 0) is 78.5 Å². The van der Waals surface area contributed by atoms with E-state index in [0.717, 1.165) is 50.3 Å². The third-order valence-corrected chi connectivity index (χ3v) is 7.78. The largest absolute Gasteiger partial charge is 0.493 e. The van der Waals surface area contributed by atoms with Gasteiger partial charge in [-0.3, -0.25) is 9.69 Å². The van der Waals surface area contributed by atoms with Gasteiger partial charge in [0.15, 0.2) is 11.5 Å². The number of hydrogen-bond donors (Lipinski definition) is 2. The van der Waals surface area contributed by atoms with Crippen LogP contribution in [0.1, 0.15) is 70.5 Å². The van der Waals surface area contributed by atoms with Crippen LogP contribution in [0.2, 0.25) is 0 Å². The Hall–Kier alpha value is -2.48. The first-order valence-electron chi connectivity index (χ1n) is 13.7. The van der Waals surface area contributed by atoms with Gasteiger partial charge in [0.25, 0.3) is 0 Å². The zero-order chi connectivity index (χ0) is 27.1. The Kier molecular flexibility index (Phi) is 10.5. The van der Waals surface area contributed by atoms with Gasteiger partial charge in [0.05, 0.1) is 20.8 Å². The second-order valence-corrected chi connectivity index (χ2v) is 11.6. The van der Waals surface area contributed by atoms with E-state index in [4.69, 9.17) is 14.2 Å². The Morgan fingerprint density at radius 3 is 2.41 bits per heavy atom. The highest BCUT2D eigenvalue weighted by Crippen LogP contribution is 2.45. The van der Waals surface area contributed by atoms with Crippen LogP contribution in [0.25, 0.3) is 0 Å². The molecule has 3 rings (SSSR count). The Labute approximate surface area is 222 Å². The van der Waals surface area contributed by atoms with E-state index in [1.807, 2.05) is 0 Å². The van der Waals surface area contributed by atoms with Gasteiger partial charge in [-0.15, -0.1) is 0 Å². The topological polar surface area (TPSA) is 97.3 Å². The van der Waals surface area contributed by atoms with E-state index in [1.54, 1.807) is 14.2 Å². The summed E-state index contributed by atoms with van der Waals surface area (Å²) in [6.07, 6.45) is 3.33. The van der Waals surface area contributed by atoms with Gasteiger partial charge < -0.3 is 24.6 Å². The average molecular weight is 519 g/mol. The summed E-state index contributed by atoms with van der Waals surface area (Å²) in [5, 5.41) is 12.0. The summed E-state index contributed by atoms with van der Waals surface area (Å²) in [5.74, 6) is 2.19. The molecule has 0 spiro atoms. The third-order valence-electron chi connectivity index (χ3n) is 7.78. The van der Waals surface area contributed by atoms with Gasteiger partial charge in [0, 0.05) is 32.1 Å². The quantitative estimate of drug-likeness (QED) is 0.395. The van der Waals surface area contributed by atoms with Crippen molar-refractivity contribution >= 4 is 12.1 Å². The van der Waals surface area contributed by atoms with Gasteiger partial charge in [0.2, 0.25) is 0 Å². The number of fused-ring (bicyclic) bond motifs is 3. The summed E-state index contributed by atoms with van der Waals surface area (Å²) in [6, 6.07) is 4.49. The molecule has 1 aromatic carbocycles. The maximum Gasteiger partial charge on any atom is 0.407 e. The minimum Gasteiger partial charge on any atom is -0.493 e. The lowest BCUT2D eigenvalue weighted by Crippen LogP contribution is -2.47. The monoisotopic (exact) mass is 518 g/mol. The predicted octanol–water partition coefficient (Wildman–Crippen LogP) is 5.15. The zero-order valence-corrected chi connectivity index (χ0v) is 23.4. The predicted molar refractivity (Wildman–Crippen MR) is 143 cm³/mol. The van der Waals surface area contributed by atoms with E-state index in [0.29, 0.717) is 30.9 Å². The van der Waals surface area contributed by atoms with Crippen molar-refractivity contribution in [3.8, 4) is 11.5 Å². The fraction of sp³-hybridized carbons (Fsp3) is 0.724. The van der Waals surface area contributed by atoms with Crippen LogP contribution < -0.4 is 14.8 Å². The fourth-order valence-corrected chi connectivity index (χ4v) is 6.19. The second kappa shape index (κ2) is 13.4. The van der Waals surface area contributed by atoms with Crippen molar-refractivity contribution in [3.63, 3.8) is 0 Å². The van der Waals surface area contributed by atoms with E-state index in [1.165, 1.54) is 11.1 Å². The van der Waals surface area contributed by atoms with Crippen LogP contribution in [-0.2, 0) is 16.0 Å². The van der Waals surface area contributed by atoms with Crippen molar-refractivity contribution in [1.82, 2.24) is 10.2 Å². The minimum atomic E-state index is -0.842. The van der Waals surface area contributed by atoms with Gasteiger partial charge in [0.1, 0.15) is 0 Å². The molecule has 0 bridgehead atoms. The molecule has 8 nitrogen and oxygen atoms in total. The summed E-state index contributed by atoms with van der Waals surface area (Å²) in [4.78, 5) is 26.4. The second-order valence-electron chi connectivity index (χ2n) is 11.6. The highest BCUT2D eigenvalue weighted by Gasteiger charge is 2.40. The number of amides is 1. The Balaban J connectivity index is 1.68. The van der Waals surface area contributed by atoms with Gasteiger partial charge in [-0.1, -0.05) is 27.7 Å². The molecule has 2 heterocycles. The molecule has 1 amide bonds. The maximum atomic E-state index is 12.6. The summed E-state index contributed by atoms with van der Waals surface area (Å²) in [5.41, 5.74) is 2.58. The Morgan fingerprint density at radius 1 is 1.08 bits per heavy atom. The molecule has 4 atom stereocenters. The first kappa shape index (κ1) is 29.1. The number of carboxylic acid groups (broad SMARTS) is 1. The normalized spacial score (nSPS) is 22.2. The number of methoxy groups -OCH3 is 2. The van der Waals surface area contributed by atoms with E-state index >= 15 is 0 Å². The molecule has 1 saturated heterocycles. The molecule has 0 radical (unpaired) electrons. The molecule has 1 fully saturated rings. The molecular weight excluding hydrogens is 472 g/mol. The molecule has 208 valence electrons. The maximum absolute atomic E-state index is 12.6. The molecule has 8 heteroatoms. The van der Waals surface area contributed by atoms with Gasteiger partial charge in [-0.25, -0.2) is 4.79 Å². The van der Waals surface area contributed by atoms with Crippen molar-refractivity contribution in [2.24, 2.45) is 29.6 Å². The van der Waals surface area contributed by atoms with E-state index in [9.17, 15) is 14.7 Å². The van der Waals surface area contributed by atoms with Crippen LogP contribution in [0.15, 0.2) is 12.1 Å². The minimum absolute atomic E-state index is 0.0444. The number of alkyl carbamates (subject to hydrolysis) is 1. The number of nitrogens with zero attached hydrogens (tertiary/aromatic N) is 1. The first-order chi connectivity index (χ1) is 17.6. The lowest BCUT2D eigenvalue weighted by molar-refractivity contribution is -0.138. The van der Waals surface area contributed by atoms with Crippen LogP contribution in [-0.4, -0.2) is 62.5 Å². The number of piperidine rings is 1. The van der Waals surface area contributed by atoms with Crippen LogP contribution in [0.5, 0.6) is 11.5 Å². The Morgan fingerprint density at radius 2 is 1.78 bits per heavy atom. The van der Waals surface area contributed by atoms with Gasteiger partial charge >= 0.3 is 12.1 Å². The molecule has 2 N–H and O–H groups in total. The SMILES string of the molecule is COc1cc2c(cc1OC)[C@H]1C[C@@H](COC(=O)NCC(CC(=O)O)CC(C)C)[C@H](CC(C)C)CN1CC2. The molecule has 37 heavy (non-hydrogen) atoms. The van der Waals surface area contributed by atoms with Crippen molar-refractivity contribution in [2.45, 2.75) is 65.8 Å². The number of carbonyl (C=O) groups is 2. The van der Waals surface area contributed by atoms with Crippen LogP contribution in [0.4, 0.5) is 4.79 Å². The molecule has 1 unspecified atom stereocenters. The number of aliphatic carboxylic acids is 1. The number of nitrogens with one attached hydrogen (secondary N) is 1. The number of ether oxygens (including phenoxy) is 3. The smallest absolute Gasteiger partial charge is 0.407 e. The van der Waals surface area contributed by atoms with Crippen LogP contribution >= 0.6 is 0 Å². The lowest BCUT2D eigenvalue weighted by atomic mass is 9.74. The third kappa shape index (κ3) is 8.00.